The van der Waals surface area contributed by atoms with Crippen LogP contribution in [0.15, 0.2) is 47.5 Å². The molecule has 0 fully saturated rings. The summed E-state index contributed by atoms with van der Waals surface area (Å²) < 4.78 is 5.45. The summed E-state index contributed by atoms with van der Waals surface area (Å²) in [5, 5.41) is 6.67. The van der Waals surface area contributed by atoms with Crippen molar-refractivity contribution in [2.24, 2.45) is 4.99 Å². The summed E-state index contributed by atoms with van der Waals surface area (Å²) in [4.78, 5) is 18.4. The lowest BCUT2D eigenvalue weighted by molar-refractivity contribution is 0.0827. The maximum absolute atomic E-state index is 12.1. The summed E-state index contributed by atoms with van der Waals surface area (Å²) in [5.41, 5.74) is 4.22. The Morgan fingerprint density at radius 3 is 2.55 bits per heavy atom. The molecule has 0 saturated heterocycles. The standard InChI is InChI=1S/C24H34N4O2.HI/c1-6-25-24(27-15-13-20-16-18(2)10-11-22(20)30-5)26-14-12-19-8-7-9-21(17-19)23(29)28(3)4;/h7-11,16-17H,6,12-15H2,1-5H3,(H2,25,26,27);1H. The Kier molecular flexibility index (Phi) is 12.0. The van der Waals surface area contributed by atoms with Gasteiger partial charge >= 0.3 is 0 Å². The number of nitrogens with zero attached hydrogens (tertiary/aromatic N) is 2. The first kappa shape index (κ1) is 26.7. The molecule has 1 amide bonds. The second kappa shape index (κ2) is 13.9. The second-order valence-corrected chi connectivity index (χ2v) is 7.40. The zero-order chi connectivity index (χ0) is 21.9. The number of carbonyl (C=O) groups is 1. The zero-order valence-corrected chi connectivity index (χ0v) is 21.5. The minimum atomic E-state index is 0. The lowest BCUT2D eigenvalue weighted by atomic mass is 10.1. The van der Waals surface area contributed by atoms with Crippen molar-refractivity contribution in [2.75, 3.05) is 40.8 Å². The van der Waals surface area contributed by atoms with Crippen LogP contribution in [-0.4, -0.2) is 57.6 Å². The lowest BCUT2D eigenvalue weighted by Gasteiger charge is -2.13. The van der Waals surface area contributed by atoms with E-state index in [4.69, 9.17) is 9.73 Å². The van der Waals surface area contributed by atoms with Gasteiger partial charge in [0.15, 0.2) is 5.96 Å². The van der Waals surface area contributed by atoms with Crippen molar-refractivity contribution in [1.29, 1.82) is 0 Å². The molecule has 0 unspecified atom stereocenters. The molecule has 2 aromatic rings. The van der Waals surface area contributed by atoms with Gasteiger partial charge in [-0.25, -0.2) is 0 Å². The van der Waals surface area contributed by atoms with E-state index in [2.05, 4.69) is 36.6 Å². The molecule has 31 heavy (non-hydrogen) atoms. The fraction of sp³-hybridized carbons (Fsp3) is 0.417. The lowest BCUT2D eigenvalue weighted by Crippen LogP contribution is -2.38. The van der Waals surface area contributed by atoms with Crippen LogP contribution >= 0.6 is 24.0 Å². The van der Waals surface area contributed by atoms with Crippen molar-refractivity contribution >= 4 is 35.8 Å². The number of hydrogen-bond acceptors (Lipinski definition) is 3. The van der Waals surface area contributed by atoms with Gasteiger partial charge in [-0.05, 0) is 56.0 Å². The molecule has 0 aromatic heterocycles. The Hall–Kier alpha value is -2.29. The van der Waals surface area contributed by atoms with Gasteiger partial charge in [0.1, 0.15) is 5.75 Å². The number of halogens is 1. The summed E-state index contributed by atoms with van der Waals surface area (Å²) in [6.07, 6.45) is 1.63. The van der Waals surface area contributed by atoms with E-state index in [-0.39, 0.29) is 29.9 Å². The molecule has 170 valence electrons. The van der Waals surface area contributed by atoms with Crippen LogP contribution in [0, 0.1) is 6.92 Å². The van der Waals surface area contributed by atoms with Gasteiger partial charge in [0, 0.05) is 39.3 Å². The average Bonchev–Trinajstić information content (AvgIpc) is 2.73. The van der Waals surface area contributed by atoms with Gasteiger partial charge in [0.2, 0.25) is 0 Å². The molecule has 0 aliphatic heterocycles. The summed E-state index contributed by atoms with van der Waals surface area (Å²) in [6, 6.07) is 14.0. The molecule has 0 heterocycles. The van der Waals surface area contributed by atoms with E-state index >= 15 is 0 Å². The molecule has 2 rings (SSSR count). The molecule has 0 atom stereocenters. The van der Waals surface area contributed by atoms with Gasteiger partial charge in [0.05, 0.1) is 7.11 Å². The van der Waals surface area contributed by atoms with Crippen LogP contribution < -0.4 is 15.4 Å². The number of amides is 1. The van der Waals surface area contributed by atoms with E-state index in [0.717, 1.165) is 43.2 Å². The van der Waals surface area contributed by atoms with E-state index in [1.807, 2.05) is 30.3 Å². The predicted octanol–water partition coefficient (Wildman–Crippen LogP) is 3.66. The molecular weight excluding hydrogens is 503 g/mol. The van der Waals surface area contributed by atoms with Gasteiger partial charge < -0.3 is 20.3 Å². The minimum Gasteiger partial charge on any atom is -0.496 e. The summed E-state index contributed by atoms with van der Waals surface area (Å²) >= 11 is 0. The van der Waals surface area contributed by atoms with E-state index in [9.17, 15) is 4.79 Å². The number of benzene rings is 2. The van der Waals surface area contributed by atoms with E-state index in [0.29, 0.717) is 12.1 Å². The molecule has 0 aliphatic rings. The summed E-state index contributed by atoms with van der Waals surface area (Å²) in [6.45, 7) is 6.34. The summed E-state index contributed by atoms with van der Waals surface area (Å²) in [5.74, 6) is 1.72. The maximum Gasteiger partial charge on any atom is 0.253 e. The Morgan fingerprint density at radius 1 is 1.10 bits per heavy atom. The number of methoxy groups -OCH3 is 1. The molecule has 0 radical (unpaired) electrons. The molecule has 0 aliphatic carbocycles. The Balaban J connectivity index is 0.00000480. The number of rotatable bonds is 9. The number of hydrogen-bond donors (Lipinski definition) is 2. The fourth-order valence-corrected chi connectivity index (χ4v) is 3.18. The third-order valence-corrected chi connectivity index (χ3v) is 4.72. The predicted molar refractivity (Wildman–Crippen MR) is 139 cm³/mol. The summed E-state index contributed by atoms with van der Waals surface area (Å²) in [7, 11) is 5.23. The van der Waals surface area contributed by atoms with Crippen LogP contribution in [0.25, 0.3) is 0 Å². The molecule has 0 bridgehead atoms. The van der Waals surface area contributed by atoms with Crippen LogP contribution in [0.2, 0.25) is 0 Å². The highest BCUT2D eigenvalue weighted by Crippen LogP contribution is 2.20. The van der Waals surface area contributed by atoms with E-state index < -0.39 is 0 Å². The Morgan fingerprint density at radius 2 is 1.87 bits per heavy atom. The minimum absolute atomic E-state index is 0. The highest BCUT2D eigenvalue weighted by molar-refractivity contribution is 14.0. The number of carbonyl (C=O) groups excluding carboxylic acids is 1. The SMILES string of the molecule is CCNC(=NCCc1cc(C)ccc1OC)NCCc1cccc(C(=O)N(C)C)c1.I. The largest absolute Gasteiger partial charge is 0.496 e. The monoisotopic (exact) mass is 538 g/mol. The molecule has 7 heteroatoms. The van der Waals surface area contributed by atoms with Crippen molar-refractivity contribution in [3.05, 3.63) is 64.7 Å². The number of nitrogens with one attached hydrogen (secondary N) is 2. The molecule has 2 aromatic carbocycles. The highest BCUT2D eigenvalue weighted by atomic mass is 127. The average molecular weight is 538 g/mol. The maximum atomic E-state index is 12.1. The molecular formula is C24H35IN4O2. The van der Waals surface area contributed by atoms with Gasteiger partial charge in [-0.15, -0.1) is 24.0 Å². The van der Waals surface area contributed by atoms with Gasteiger partial charge in [-0.1, -0.05) is 29.8 Å². The first-order valence-electron chi connectivity index (χ1n) is 10.4. The Bertz CT molecular complexity index is 868. The quantitative estimate of drug-likeness (QED) is 0.291. The van der Waals surface area contributed by atoms with Crippen LogP contribution in [0.1, 0.15) is 34.0 Å². The first-order valence-corrected chi connectivity index (χ1v) is 10.4. The third kappa shape index (κ3) is 8.77. The number of aryl methyl sites for hydroxylation is 1. The molecule has 6 nitrogen and oxygen atoms in total. The van der Waals surface area contributed by atoms with E-state index in [1.165, 1.54) is 11.1 Å². The van der Waals surface area contributed by atoms with Gasteiger partial charge in [0.25, 0.3) is 5.91 Å². The van der Waals surface area contributed by atoms with Crippen LogP contribution in [0.5, 0.6) is 5.75 Å². The van der Waals surface area contributed by atoms with Crippen LogP contribution in [0.3, 0.4) is 0 Å². The molecule has 2 N–H and O–H groups in total. The number of guanidine groups is 1. The number of aliphatic imine (C=N–C) groups is 1. The Labute approximate surface area is 203 Å². The van der Waals surface area contributed by atoms with Crippen molar-refractivity contribution in [1.82, 2.24) is 15.5 Å². The number of ether oxygens (including phenoxy) is 1. The van der Waals surface area contributed by atoms with Crippen molar-refractivity contribution < 1.29 is 9.53 Å². The first-order chi connectivity index (χ1) is 14.4. The van der Waals surface area contributed by atoms with Crippen molar-refractivity contribution in [3.8, 4) is 5.75 Å². The van der Waals surface area contributed by atoms with Crippen molar-refractivity contribution in [2.45, 2.75) is 26.7 Å². The van der Waals surface area contributed by atoms with Crippen LogP contribution in [0.4, 0.5) is 0 Å². The van der Waals surface area contributed by atoms with Crippen molar-refractivity contribution in [3.63, 3.8) is 0 Å². The fourth-order valence-electron chi connectivity index (χ4n) is 3.18. The van der Waals surface area contributed by atoms with E-state index in [1.54, 1.807) is 26.1 Å². The van der Waals surface area contributed by atoms with Gasteiger partial charge in [-0.2, -0.15) is 0 Å². The normalized spacial score (nSPS) is 10.8. The third-order valence-electron chi connectivity index (χ3n) is 4.72. The molecule has 0 spiro atoms. The molecule has 0 saturated carbocycles. The zero-order valence-electron chi connectivity index (χ0n) is 19.2. The van der Waals surface area contributed by atoms with Gasteiger partial charge in [-0.3, -0.25) is 9.79 Å². The second-order valence-electron chi connectivity index (χ2n) is 7.40. The van der Waals surface area contributed by atoms with Crippen LogP contribution in [-0.2, 0) is 12.8 Å². The topological polar surface area (TPSA) is 66.0 Å². The highest BCUT2D eigenvalue weighted by Gasteiger charge is 2.08. The smallest absolute Gasteiger partial charge is 0.253 e.